The molecule has 2 rings (SSSR count). The number of para-hydroxylation sites is 1. The quantitative estimate of drug-likeness (QED) is 0.471. The molecule has 0 saturated heterocycles. The van der Waals surface area contributed by atoms with Crippen LogP contribution in [-0.4, -0.2) is 14.3 Å². The monoisotopic (exact) mass is 524 g/mol. The third-order valence-corrected chi connectivity index (χ3v) is 7.20. The predicted molar refractivity (Wildman–Crippen MR) is 145 cm³/mol. The number of hydrogen-bond acceptors (Lipinski definition) is 4. The van der Waals surface area contributed by atoms with E-state index < -0.39 is 16.2 Å². The maximum atomic E-state index is 13.1. The first-order valence-corrected chi connectivity index (χ1v) is 14.1. The van der Waals surface area contributed by atoms with Gasteiger partial charge in [0.15, 0.2) is 5.75 Å². The Labute approximate surface area is 241 Å². The van der Waals surface area contributed by atoms with E-state index >= 15 is 0 Å². The van der Waals surface area contributed by atoms with Crippen molar-refractivity contribution in [2.24, 2.45) is 0 Å². The summed E-state index contributed by atoms with van der Waals surface area (Å²) in [4.78, 5) is 13.1. The summed E-state index contributed by atoms with van der Waals surface area (Å²) in [7, 11) is -4.35. The zero-order valence-electron chi connectivity index (χ0n) is 24.0. The molecule has 1 N–H and O–H groups in total. The van der Waals surface area contributed by atoms with Crippen LogP contribution < -0.4 is 38.5 Å². The Morgan fingerprint density at radius 3 is 1.53 bits per heavy atom. The standard InChI is InChI=1S/C29H43NO4S.Na/c1-17(2)22-14-25(20(7)8)27(26(15-22)21(9)10)16-28(31)30-35(32,33)34-29-23(18(3)4)12-11-13-24(29)19(5)6;/h11-15,17-21H,16H2,1-10H3,(H,30,31);/q;+1. The van der Waals surface area contributed by atoms with Gasteiger partial charge in [0.2, 0.25) is 5.91 Å². The molecule has 0 heterocycles. The average Bonchev–Trinajstić information content (AvgIpc) is 2.72. The molecule has 0 spiro atoms. The molecule has 1 amide bonds. The van der Waals surface area contributed by atoms with Crippen LogP contribution in [0.1, 0.15) is 132 Å². The molecule has 0 saturated carbocycles. The Bertz CT molecular complexity index is 1100. The average molecular weight is 525 g/mol. The van der Waals surface area contributed by atoms with Crippen LogP contribution in [-0.2, 0) is 21.5 Å². The van der Waals surface area contributed by atoms with Gasteiger partial charge in [0, 0.05) is 0 Å². The number of carbonyl (C=O) groups excluding carboxylic acids is 1. The largest absolute Gasteiger partial charge is 1.00 e. The molecule has 0 bridgehead atoms. The number of amides is 1. The maximum Gasteiger partial charge on any atom is 1.00 e. The first-order valence-electron chi connectivity index (χ1n) is 12.7. The fourth-order valence-corrected chi connectivity index (χ4v) is 5.16. The molecule has 2 aromatic carbocycles. The molecule has 2 aromatic rings. The molecule has 0 aromatic heterocycles. The van der Waals surface area contributed by atoms with E-state index in [1.165, 1.54) is 5.56 Å². The van der Waals surface area contributed by atoms with E-state index in [0.717, 1.165) is 27.8 Å². The van der Waals surface area contributed by atoms with Gasteiger partial charge < -0.3 is 4.18 Å². The molecule has 36 heavy (non-hydrogen) atoms. The Kier molecular flexibility index (Phi) is 12.2. The Balaban J connectivity index is 0.00000648. The van der Waals surface area contributed by atoms with Gasteiger partial charge in [0.05, 0.1) is 6.42 Å². The first kappa shape index (κ1) is 32.7. The van der Waals surface area contributed by atoms with Gasteiger partial charge in [-0.25, -0.2) is 4.72 Å². The van der Waals surface area contributed by atoms with E-state index in [4.69, 9.17) is 4.18 Å². The van der Waals surface area contributed by atoms with Gasteiger partial charge in [-0.1, -0.05) is 99.6 Å². The fourth-order valence-electron chi connectivity index (χ4n) is 4.35. The van der Waals surface area contributed by atoms with Crippen molar-refractivity contribution in [2.75, 3.05) is 0 Å². The summed E-state index contributed by atoms with van der Waals surface area (Å²) >= 11 is 0. The number of benzene rings is 2. The second kappa shape index (κ2) is 13.5. The van der Waals surface area contributed by atoms with Crippen molar-refractivity contribution in [1.82, 2.24) is 4.72 Å². The second-order valence-electron chi connectivity index (χ2n) is 11.0. The predicted octanol–water partition coefficient (Wildman–Crippen LogP) is 4.29. The summed E-state index contributed by atoms with van der Waals surface area (Å²) in [5.74, 6) is 0.608. The molecule has 0 aliphatic heterocycles. The number of rotatable bonds is 10. The van der Waals surface area contributed by atoms with E-state index in [0.29, 0.717) is 11.7 Å². The molecule has 0 aliphatic rings. The molecule has 7 heteroatoms. The van der Waals surface area contributed by atoms with Crippen molar-refractivity contribution in [2.45, 2.75) is 105 Å². The van der Waals surface area contributed by atoms with E-state index in [2.05, 4.69) is 58.4 Å². The van der Waals surface area contributed by atoms with Crippen molar-refractivity contribution in [3.8, 4) is 5.75 Å². The number of carbonyl (C=O) groups is 1. The Morgan fingerprint density at radius 2 is 1.17 bits per heavy atom. The summed E-state index contributed by atoms with van der Waals surface area (Å²) in [6.45, 7) is 20.6. The summed E-state index contributed by atoms with van der Waals surface area (Å²) < 4.78 is 33.7. The minimum Gasteiger partial charge on any atom is -0.366 e. The van der Waals surface area contributed by atoms with Crippen LogP contribution in [0.4, 0.5) is 0 Å². The van der Waals surface area contributed by atoms with Crippen molar-refractivity contribution in [1.29, 1.82) is 0 Å². The van der Waals surface area contributed by atoms with Gasteiger partial charge >= 0.3 is 39.9 Å². The smallest absolute Gasteiger partial charge is 0.366 e. The van der Waals surface area contributed by atoms with E-state index in [1.807, 2.05) is 45.9 Å². The van der Waals surface area contributed by atoms with Crippen LogP contribution in [0.5, 0.6) is 5.75 Å². The van der Waals surface area contributed by atoms with Crippen LogP contribution in [0, 0.1) is 0 Å². The van der Waals surface area contributed by atoms with Crippen molar-refractivity contribution in [3.63, 3.8) is 0 Å². The summed E-state index contributed by atoms with van der Waals surface area (Å²) in [5, 5.41) is 0. The molecule has 194 valence electrons. The van der Waals surface area contributed by atoms with Crippen LogP contribution in [0.15, 0.2) is 30.3 Å². The van der Waals surface area contributed by atoms with Gasteiger partial charge in [-0.15, -0.1) is 0 Å². The molecule has 0 atom stereocenters. The van der Waals surface area contributed by atoms with Crippen molar-refractivity contribution >= 4 is 16.2 Å². The van der Waals surface area contributed by atoms with Gasteiger partial charge in [-0.05, 0) is 63.0 Å². The van der Waals surface area contributed by atoms with Gasteiger partial charge in [0.1, 0.15) is 0 Å². The second-order valence-corrected chi connectivity index (χ2v) is 12.2. The molecular weight excluding hydrogens is 481 g/mol. The normalized spacial score (nSPS) is 12.0. The Hall–Kier alpha value is -1.34. The zero-order chi connectivity index (χ0) is 26.7. The van der Waals surface area contributed by atoms with E-state index in [1.54, 1.807) is 0 Å². The maximum absolute atomic E-state index is 13.1. The molecule has 0 radical (unpaired) electrons. The van der Waals surface area contributed by atoms with Crippen LogP contribution in [0.3, 0.4) is 0 Å². The molecule has 0 unspecified atom stereocenters. The summed E-state index contributed by atoms with van der Waals surface area (Å²) in [5.41, 5.74) is 5.88. The number of hydrogen-bond donors (Lipinski definition) is 1. The fraction of sp³-hybridized carbons (Fsp3) is 0.552. The Morgan fingerprint density at radius 1 is 0.750 bits per heavy atom. The molecule has 0 fully saturated rings. The van der Waals surface area contributed by atoms with Crippen LogP contribution >= 0.6 is 0 Å². The third-order valence-electron chi connectivity index (χ3n) is 6.34. The zero-order valence-corrected chi connectivity index (χ0v) is 26.8. The van der Waals surface area contributed by atoms with Crippen LogP contribution in [0.2, 0.25) is 0 Å². The molecular formula is C29H43NNaO4S+. The van der Waals surface area contributed by atoms with Crippen molar-refractivity contribution in [3.05, 3.63) is 63.7 Å². The molecule has 5 nitrogen and oxygen atoms in total. The third kappa shape index (κ3) is 8.34. The van der Waals surface area contributed by atoms with Crippen LogP contribution in [0.25, 0.3) is 0 Å². The van der Waals surface area contributed by atoms with E-state index in [-0.39, 0.29) is 59.6 Å². The minimum absolute atomic E-state index is 0. The summed E-state index contributed by atoms with van der Waals surface area (Å²) in [6.07, 6.45) is -0.0230. The molecule has 0 aliphatic carbocycles. The SMILES string of the molecule is CC(C)c1cc(C(C)C)c(CC(=O)NS(=O)(=O)Oc2c(C(C)C)cccc2C(C)C)c(C(C)C)c1.[Na+]. The topological polar surface area (TPSA) is 72.5 Å². The van der Waals surface area contributed by atoms with E-state index in [9.17, 15) is 13.2 Å². The van der Waals surface area contributed by atoms with Gasteiger partial charge in [-0.2, -0.15) is 8.42 Å². The van der Waals surface area contributed by atoms with Gasteiger partial charge in [-0.3, -0.25) is 4.79 Å². The number of nitrogens with one attached hydrogen (secondary N) is 1. The summed E-state index contributed by atoms with van der Waals surface area (Å²) in [6, 6.07) is 9.95. The first-order chi connectivity index (χ1) is 16.1. The van der Waals surface area contributed by atoms with Gasteiger partial charge in [0.25, 0.3) is 0 Å². The minimum atomic E-state index is -4.35. The van der Waals surface area contributed by atoms with Crippen molar-refractivity contribution < 1.29 is 47.0 Å².